The van der Waals surface area contributed by atoms with Gasteiger partial charge in [-0.25, -0.2) is 14.8 Å². The number of fused-ring (bicyclic) bond motifs is 1. The van der Waals surface area contributed by atoms with Gasteiger partial charge in [-0.15, -0.1) is 0 Å². The van der Waals surface area contributed by atoms with Gasteiger partial charge in [-0.2, -0.15) is 0 Å². The number of aromatic nitrogens is 2. The molecule has 3 aromatic rings. The van der Waals surface area contributed by atoms with E-state index < -0.39 is 5.97 Å². The third-order valence-electron chi connectivity index (χ3n) is 4.18. The van der Waals surface area contributed by atoms with Gasteiger partial charge in [0.2, 0.25) is 0 Å². The van der Waals surface area contributed by atoms with E-state index in [2.05, 4.69) is 15.3 Å². The summed E-state index contributed by atoms with van der Waals surface area (Å²) in [6.45, 7) is 0. The van der Waals surface area contributed by atoms with Gasteiger partial charge in [0, 0.05) is 19.2 Å². The molecule has 0 aliphatic carbocycles. The number of nitrogens with zero attached hydrogens (tertiary/aromatic N) is 3. The molecule has 2 heterocycles. The van der Waals surface area contributed by atoms with E-state index in [1.54, 1.807) is 6.08 Å². The Morgan fingerprint density at radius 2 is 2.07 bits per heavy atom. The highest BCUT2D eigenvalue weighted by molar-refractivity contribution is 8.18. The minimum atomic E-state index is -1.23. The number of para-hydroxylation sites is 2. The van der Waals surface area contributed by atoms with Crippen molar-refractivity contribution < 1.29 is 19.8 Å². The number of aliphatic imine (C=N–C) groups is 1. The SMILES string of the molecule is Cn1c(C=C2SC(=Nc3ccc(C(=O)O)c(O)c3)NC2=O)nc2ccccc21. The van der Waals surface area contributed by atoms with Crippen LogP contribution in [0.15, 0.2) is 52.4 Å². The van der Waals surface area contributed by atoms with E-state index in [4.69, 9.17) is 5.11 Å². The Balaban J connectivity index is 1.62. The molecule has 1 fully saturated rings. The maximum absolute atomic E-state index is 12.3. The van der Waals surface area contributed by atoms with Gasteiger partial charge in [0.15, 0.2) is 5.17 Å². The number of aromatic carboxylic acids is 1. The van der Waals surface area contributed by atoms with E-state index in [0.717, 1.165) is 22.8 Å². The number of hydrogen-bond acceptors (Lipinski definition) is 6. The number of imidazole rings is 1. The molecule has 0 saturated carbocycles. The highest BCUT2D eigenvalue weighted by Crippen LogP contribution is 2.30. The van der Waals surface area contributed by atoms with Gasteiger partial charge in [0.25, 0.3) is 5.91 Å². The summed E-state index contributed by atoms with van der Waals surface area (Å²) < 4.78 is 1.90. The number of amidine groups is 1. The first kappa shape index (κ1) is 17.8. The molecule has 4 rings (SSSR count). The van der Waals surface area contributed by atoms with E-state index in [-0.39, 0.29) is 17.2 Å². The zero-order valence-corrected chi connectivity index (χ0v) is 15.4. The predicted octanol–water partition coefficient (Wildman–Crippen LogP) is 2.87. The van der Waals surface area contributed by atoms with Crippen molar-refractivity contribution in [1.82, 2.24) is 14.9 Å². The van der Waals surface area contributed by atoms with Crippen LogP contribution in [0.4, 0.5) is 5.69 Å². The van der Waals surface area contributed by atoms with Crippen LogP contribution in [0.2, 0.25) is 0 Å². The molecular weight excluding hydrogens is 380 g/mol. The number of carboxylic acids is 1. The van der Waals surface area contributed by atoms with Gasteiger partial charge < -0.3 is 20.1 Å². The second-order valence-corrected chi connectivity index (χ2v) is 7.04. The topological polar surface area (TPSA) is 117 Å². The molecule has 0 unspecified atom stereocenters. The van der Waals surface area contributed by atoms with Gasteiger partial charge in [0.1, 0.15) is 17.1 Å². The smallest absolute Gasteiger partial charge is 0.339 e. The fourth-order valence-corrected chi connectivity index (χ4v) is 3.59. The minimum absolute atomic E-state index is 0.213. The first-order chi connectivity index (χ1) is 13.4. The number of rotatable bonds is 3. The Morgan fingerprint density at radius 1 is 1.29 bits per heavy atom. The number of aryl methyl sites for hydroxylation is 1. The Bertz CT molecular complexity index is 1200. The molecule has 8 nitrogen and oxygen atoms in total. The highest BCUT2D eigenvalue weighted by atomic mass is 32.2. The van der Waals surface area contributed by atoms with Crippen molar-refractivity contribution in [2.24, 2.45) is 12.0 Å². The molecule has 1 aromatic heterocycles. The summed E-state index contributed by atoms with van der Waals surface area (Å²) in [6, 6.07) is 11.6. The number of thioether (sulfide) groups is 1. The Labute approximate surface area is 163 Å². The quantitative estimate of drug-likeness (QED) is 0.588. The second-order valence-electron chi connectivity index (χ2n) is 6.01. The number of phenols is 1. The van der Waals surface area contributed by atoms with Gasteiger partial charge in [-0.3, -0.25) is 4.79 Å². The largest absolute Gasteiger partial charge is 0.507 e. The van der Waals surface area contributed by atoms with Crippen LogP contribution in [0.3, 0.4) is 0 Å². The molecule has 9 heteroatoms. The van der Waals surface area contributed by atoms with Crippen LogP contribution in [0, 0.1) is 0 Å². The van der Waals surface area contributed by atoms with Crippen LogP contribution >= 0.6 is 11.8 Å². The Morgan fingerprint density at radius 3 is 2.79 bits per heavy atom. The molecule has 3 N–H and O–H groups in total. The van der Waals surface area contributed by atoms with Crippen molar-refractivity contribution in [1.29, 1.82) is 0 Å². The molecule has 1 aliphatic rings. The normalized spacial score (nSPS) is 16.8. The zero-order valence-electron chi connectivity index (χ0n) is 14.6. The standard InChI is InChI=1S/C19H14N4O4S/c1-23-13-5-3-2-4-12(13)21-16(23)9-15-17(25)22-19(28-15)20-10-6-7-11(18(26)27)14(24)8-10/h2-9,24H,1H3,(H,26,27)(H,20,22,25). The van der Waals surface area contributed by atoms with Crippen molar-refractivity contribution in [2.45, 2.75) is 0 Å². The molecule has 0 atom stereocenters. The number of benzene rings is 2. The average molecular weight is 394 g/mol. The van der Waals surface area contributed by atoms with E-state index >= 15 is 0 Å². The summed E-state index contributed by atoms with van der Waals surface area (Å²) >= 11 is 1.14. The van der Waals surface area contributed by atoms with Gasteiger partial charge in [-0.05, 0) is 36.0 Å². The number of carbonyl (C=O) groups is 2. The summed E-state index contributed by atoms with van der Waals surface area (Å²) in [5.41, 5.74) is 1.91. The first-order valence-electron chi connectivity index (χ1n) is 8.20. The maximum atomic E-state index is 12.3. The molecule has 2 aromatic carbocycles. The lowest BCUT2D eigenvalue weighted by Gasteiger charge is -2.01. The zero-order chi connectivity index (χ0) is 19.8. The minimum Gasteiger partial charge on any atom is -0.507 e. The lowest BCUT2D eigenvalue weighted by atomic mass is 10.2. The van der Waals surface area contributed by atoms with Crippen LogP contribution in [0.25, 0.3) is 17.1 Å². The molecular formula is C19H14N4O4S. The van der Waals surface area contributed by atoms with E-state index in [0.29, 0.717) is 21.6 Å². The van der Waals surface area contributed by atoms with Crippen LogP contribution in [0.5, 0.6) is 5.75 Å². The van der Waals surface area contributed by atoms with Crippen molar-refractivity contribution in [3.63, 3.8) is 0 Å². The summed E-state index contributed by atoms with van der Waals surface area (Å²) in [6.07, 6.45) is 1.69. The summed E-state index contributed by atoms with van der Waals surface area (Å²) in [5.74, 6) is -1.28. The Hall–Kier alpha value is -3.59. The monoisotopic (exact) mass is 394 g/mol. The first-order valence-corrected chi connectivity index (χ1v) is 9.01. The van der Waals surface area contributed by atoms with Gasteiger partial charge in [0.05, 0.1) is 21.6 Å². The van der Waals surface area contributed by atoms with Gasteiger partial charge >= 0.3 is 5.97 Å². The van der Waals surface area contributed by atoms with Crippen molar-refractivity contribution in [2.75, 3.05) is 0 Å². The number of amides is 1. The van der Waals surface area contributed by atoms with Gasteiger partial charge in [-0.1, -0.05) is 12.1 Å². The van der Waals surface area contributed by atoms with Crippen LogP contribution in [0.1, 0.15) is 16.2 Å². The summed E-state index contributed by atoms with van der Waals surface area (Å²) in [5, 5.41) is 21.7. The van der Waals surface area contributed by atoms with Crippen molar-refractivity contribution in [3.05, 3.63) is 58.8 Å². The molecule has 28 heavy (non-hydrogen) atoms. The number of carboxylic acid groups (broad SMARTS) is 1. The number of aromatic hydroxyl groups is 1. The highest BCUT2D eigenvalue weighted by Gasteiger charge is 2.25. The second kappa shape index (κ2) is 6.86. The van der Waals surface area contributed by atoms with Crippen LogP contribution in [-0.2, 0) is 11.8 Å². The lowest BCUT2D eigenvalue weighted by molar-refractivity contribution is -0.115. The third kappa shape index (κ3) is 3.23. The third-order valence-corrected chi connectivity index (χ3v) is 5.09. The van der Waals surface area contributed by atoms with E-state index in [9.17, 15) is 14.7 Å². The average Bonchev–Trinajstić information content (AvgIpc) is 3.15. The number of nitrogens with one attached hydrogen (secondary N) is 1. The van der Waals surface area contributed by atoms with E-state index in [1.807, 2.05) is 35.9 Å². The molecule has 0 bridgehead atoms. The molecule has 0 radical (unpaired) electrons. The van der Waals surface area contributed by atoms with E-state index in [1.165, 1.54) is 18.2 Å². The molecule has 1 saturated heterocycles. The maximum Gasteiger partial charge on any atom is 0.339 e. The number of carbonyl (C=O) groups excluding carboxylic acids is 1. The summed E-state index contributed by atoms with van der Waals surface area (Å²) in [7, 11) is 1.88. The molecule has 1 amide bonds. The molecule has 0 spiro atoms. The lowest BCUT2D eigenvalue weighted by Crippen LogP contribution is -2.19. The fraction of sp³-hybridized carbons (Fsp3) is 0.0526. The predicted molar refractivity (Wildman–Crippen MR) is 107 cm³/mol. The summed E-state index contributed by atoms with van der Waals surface area (Å²) in [4.78, 5) is 32.4. The van der Waals surface area contributed by atoms with Crippen LogP contribution in [-0.4, -0.2) is 36.8 Å². The molecule has 140 valence electrons. The fourth-order valence-electron chi connectivity index (χ4n) is 2.78. The van der Waals surface area contributed by atoms with Crippen molar-refractivity contribution in [3.8, 4) is 5.75 Å². The number of hydrogen-bond donors (Lipinski definition) is 3. The molecule has 1 aliphatic heterocycles. The Kier molecular flexibility index (Phi) is 4.36. The van der Waals surface area contributed by atoms with Crippen molar-refractivity contribution >= 4 is 51.6 Å². The van der Waals surface area contributed by atoms with Crippen LogP contribution < -0.4 is 5.32 Å².